The third kappa shape index (κ3) is 4.89. The van der Waals surface area contributed by atoms with Crippen LogP contribution in [0.2, 0.25) is 0 Å². The largest absolute Gasteiger partial charge is 0.481 e. The number of carbonyl (C=O) groups excluding carboxylic acids is 2. The number of hydrogen-bond acceptors (Lipinski definition) is 4. The van der Waals surface area contributed by atoms with E-state index in [2.05, 4.69) is 10.6 Å². The quantitative estimate of drug-likeness (QED) is 0.621. The lowest BCUT2D eigenvalue weighted by Crippen LogP contribution is -2.50. The van der Waals surface area contributed by atoms with E-state index in [-0.39, 0.29) is 19.0 Å². The minimum Gasteiger partial charge on any atom is -0.481 e. The third-order valence-electron chi connectivity index (χ3n) is 3.58. The normalized spacial score (nSPS) is 16.9. The lowest BCUT2D eigenvalue weighted by Gasteiger charge is -2.33. The molecule has 1 heterocycles. The standard InChI is InChI=1S/C13H23N3O5/c1-3-14-10(17)8-16(2)12(20)15-9-13(11(18)19)4-6-21-7-5-13/h3-9H2,1-2H3,(H,14,17)(H,15,20)(H,18,19). The molecule has 0 atom stereocenters. The zero-order valence-electron chi connectivity index (χ0n) is 12.5. The van der Waals surface area contributed by atoms with Crippen molar-refractivity contribution in [2.24, 2.45) is 5.41 Å². The van der Waals surface area contributed by atoms with Gasteiger partial charge in [0.15, 0.2) is 0 Å². The van der Waals surface area contributed by atoms with Gasteiger partial charge < -0.3 is 25.4 Å². The molecule has 1 fully saturated rings. The maximum absolute atomic E-state index is 11.9. The van der Waals surface area contributed by atoms with Crippen LogP contribution in [-0.2, 0) is 14.3 Å². The molecule has 0 saturated carbocycles. The van der Waals surface area contributed by atoms with E-state index in [9.17, 15) is 19.5 Å². The van der Waals surface area contributed by atoms with E-state index >= 15 is 0 Å². The van der Waals surface area contributed by atoms with Gasteiger partial charge in [-0.2, -0.15) is 0 Å². The van der Waals surface area contributed by atoms with Crippen molar-refractivity contribution in [3.63, 3.8) is 0 Å². The Balaban J connectivity index is 2.49. The Morgan fingerprint density at radius 1 is 1.24 bits per heavy atom. The highest BCUT2D eigenvalue weighted by Gasteiger charge is 2.40. The van der Waals surface area contributed by atoms with Crippen molar-refractivity contribution < 1.29 is 24.2 Å². The molecule has 0 radical (unpaired) electrons. The van der Waals surface area contributed by atoms with Crippen LogP contribution in [0.5, 0.6) is 0 Å². The van der Waals surface area contributed by atoms with Crippen molar-refractivity contribution in [1.82, 2.24) is 15.5 Å². The van der Waals surface area contributed by atoms with Gasteiger partial charge in [0.05, 0.1) is 5.41 Å². The number of nitrogens with one attached hydrogen (secondary N) is 2. The summed E-state index contributed by atoms with van der Waals surface area (Å²) in [6.45, 7) is 3.00. The molecule has 0 bridgehead atoms. The lowest BCUT2D eigenvalue weighted by molar-refractivity contribution is -0.154. The molecule has 0 aliphatic carbocycles. The predicted octanol–water partition coefficient (Wildman–Crippen LogP) is -0.355. The van der Waals surface area contributed by atoms with Gasteiger partial charge in [-0.15, -0.1) is 0 Å². The molecule has 3 N–H and O–H groups in total. The fourth-order valence-electron chi connectivity index (χ4n) is 2.15. The number of hydrogen-bond donors (Lipinski definition) is 3. The van der Waals surface area contributed by atoms with Gasteiger partial charge in [-0.1, -0.05) is 0 Å². The number of aliphatic carboxylic acids is 1. The Morgan fingerprint density at radius 2 is 1.86 bits per heavy atom. The molecule has 1 rings (SSSR count). The summed E-state index contributed by atoms with van der Waals surface area (Å²) in [5, 5.41) is 14.6. The van der Waals surface area contributed by atoms with Gasteiger partial charge >= 0.3 is 12.0 Å². The summed E-state index contributed by atoms with van der Waals surface area (Å²) >= 11 is 0. The first kappa shape index (κ1) is 17.2. The maximum Gasteiger partial charge on any atom is 0.317 e. The Hall–Kier alpha value is -1.83. The summed E-state index contributed by atoms with van der Waals surface area (Å²) in [6, 6.07) is -0.464. The number of rotatable bonds is 6. The number of likely N-dealkylation sites (N-methyl/N-ethyl adjacent to an activating group) is 2. The molecule has 0 spiro atoms. The molecule has 0 aromatic carbocycles. The molecule has 3 amide bonds. The SMILES string of the molecule is CCNC(=O)CN(C)C(=O)NCC1(C(=O)O)CCOCC1. The maximum atomic E-state index is 11.9. The molecule has 0 aromatic heterocycles. The zero-order valence-corrected chi connectivity index (χ0v) is 12.5. The summed E-state index contributed by atoms with van der Waals surface area (Å²) in [5.41, 5.74) is -0.986. The summed E-state index contributed by atoms with van der Waals surface area (Å²) in [6.07, 6.45) is 0.727. The van der Waals surface area contributed by atoms with E-state index in [0.717, 1.165) is 0 Å². The predicted molar refractivity (Wildman–Crippen MR) is 74.8 cm³/mol. The number of ether oxygens (including phenoxy) is 1. The third-order valence-corrected chi connectivity index (χ3v) is 3.58. The minimum atomic E-state index is -0.986. The molecule has 8 nitrogen and oxygen atoms in total. The van der Waals surface area contributed by atoms with Crippen LogP contribution < -0.4 is 10.6 Å². The second kappa shape index (κ2) is 7.82. The number of urea groups is 1. The van der Waals surface area contributed by atoms with Crippen LogP contribution in [0.1, 0.15) is 19.8 Å². The number of carbonyl (C=O) groups is 3. The Bertz CT molecular complexity index is 393. The second-order valence-corrected chi connectivity index (χ2v) is 5.17. The van der Waals surface area contributed by atoms with E-state index in [0.29, 0.717) is 32.6 Å². The van der Waals surface area contributed by atoms with Crippen LogP contribution in [0.3, 0.4) is 0 Å². The van der Waals surface area contributed by atoms with Crippen molar-refractivity contribution in [3.05, 3.63) is 0 Å². The van der Waals surface area contributed by atoms with Gasteiger partial charge in [0.1, 0.15) is 6.54 Å². The summed E-state index contributed by atoms with van der Waals surface area (Å²) in [5.74, 6) is -1.19. The zero-order chi connectivity index (χ0) is 15.9. The second-order valence-electron chi connectivity index (χ2n) is 5.17. The average molecular weight is 301 g/mol. The summed E-state index contributed by atoms with van der Waals surface area (Å²) in [4.78, 5) is 36.0. The van der Waals surface area contributed by atoms with Crippen molar-refractivity contribution in [2.45, 2.75) is 19.8 Å². The van der Waals surface area contributed by atoms with Crippen molar-refractivity contribution in [2.75, 3.05) is 39.9 Å². The van der Waals surface area contributed by atoms with Crippen molar-refractivity contribution >= 4 is 17.9 Å². The molecule has 1 aliphatic heterocycles. The molecule has 0 aromatic rings. The average Bonchev–Trinajstić information content (AvgIpc) is 2.45. The number of amides is 3. The molecular weight excluding hydrogens is 278 g/mol. The first-order valence-corrected chi connectivity index (χ1v) is 6.98. The first-order chi connectivity index (χ1) is 9.91. The molecule has 0 unspecified atom stereocenters. The summed E-state index contributed by atoms with van der Waals surface area (Å²) < 4.78 is 5.17. The van der Waals surface area contributed by atoms with Crippen LogP contribution in [0.15, 0.2) is 0 Å². The van der Waals surface area contributed by atoms with Gasteiger partial charge in [-0.3, -0.25) is 9.59 Å². The van der Waals surface area contributed by atoms with E-state index in [1.54, 1.807) is 6.92 Å². The molecule has 21 heavy (non-hydrogen) atoms. The Labute approximate surface area is 123 Å². The number of carboxylic acid groups (broad SMARTS) is 1. The highest BCUT2D eigenvalue weighted by molar-refractivity contribution is 5.84. The van der Waals surface area contributed by atoms with Gasteiger partial charge in [0, 0.05) is 33.4 Å². The molecule has 1 aliphatic rings. The fourth-order valence-corrected chi connectivity index (χ4v) is 2.15. The summed E-state index contributed by atoms with van der Waals surface area (Å²) in [7, 11) is 1.49. The Kier molecular flexibility index (Phi) is 6.41. The van der Waals surface area contributed by atoms with Gasteiger partial charge in [0.25, 0.3) is 0 Å². The van der Waals surface area contributed by atoms with E-state index in [1.165, 1.54) is 11.9 Å². The van der Waals surface area contributed by atoms with Gasteiger partial charge in [0.2, 0.25) is 5.91 Å². The minimum absolute atomic E-state index is 0.0320. The topological polar surface area (TPSA) is 108 Å². The fraction of sp³-hybridized carbons (Fsp3) is 0.769. The molecule has 120 valence electrons. The van der Waals surface area contributed by atoms with E-state index < -0.39 is 17.4 Å². The highest BCUT2D eigenvalue weighted by Crippen LogP contribution is 2.30. The van der Waals surface area contributed by atoms with E-state index in [1.807, 2.05) is 0 Å². The molecular formula is C13H23N3O5. The van der Waals surface area contributed by atoms with Crippen LogP contribution in [0, 0.1) is 5.41 Å². The first-order valence-electron chi connectivity index (χ1n) is 6.98. The molecule has 1 saturated heterocycles. The molecule has 8 heteroatoms. The highest BCUT2D eigenvalue weighted by atomic mass is 16.5. The Morgan fingerprint density at radius 3 is 2.38 bits per heavy atom. The number of nitrogens with zero attached hydrogens (tertiary/aromatic N) is 1. The monoisotopic (exact) mass is 301 g/mol. The van der Waals surface area contributed by atoms with Gasteiger partial charge in [-0.25, -0.2) is 4.79 Å². The van der Waals surface area contributed by atoms with Crippen molar-refractivity contribution in [3.8, 4) is 0 Å². The van der Waals surface area contributed by atoms with Crippen LogP contribution in [-0.4, -0.2) is 67.8 Å². The lowest BCUT2D eigenvalue weighted by atomic mass is 9.80. The van der Waals surface area contributed by atoms with Crippen LogP contribution >= 0.6 is 0 Å². The van der Waals surface area contributed by atoms with Crippen molar-refractivity contribution in [1.29, 1.82) is 0 Å². The number of carboxylic acids is 1. The van der Waals surface area contributed by atoms with Gasteiger partial charge in [-0.05, 0) is 19.8 Å². The van der Waals surface area contributed by atoms with Crippen LogP contribution in [0.4, 0.5) is 4.79 Å². The smallest absolute Gasteiger partial charge is 0.317 e. The van der Waals surface area contributed by atoms with Crippen LogP contribution in [0.25, 0.3) is 0 Å². The van der Waals surface area contributed by atoms with E-state index in [4.69, 9.17) is 4.74 Å².